The number of aromatic nitrogens is 3. The molecule has 10 nitrogen and oxygen atoms in total. The normalized spacial score (nSPS) is 16.7. The van der Waals surface area contributed by atoms with Crippen LogP contribution in [0.4, 0.5) is 11.5 Å². The molecule has 1 saturated carbocycles. The number of hydrogen-bond acceptors (Lipinski definition) is 6. The Morgan fingerprint density at radius 3 is 2.67 bits per heavy atom. The molecule has 2 aliphatic rings. The molecule has 2 amide bonds. The second-order valence-corrected chi connectivity index (χ2v) is 10.5. The monoisotopic (exact) mass is 468 g/mol. The van der Waals surface area contributed by atoms with Gasteiger partial charge in [-0.3, -0.25) is 14.3 Å². The Morgan fingerprint density at radius 2 is 2.00 bits per heavy atom. The van der Waals surface area contributed by atoms with E-state index in [1.807, 2.05) is 17.9 Å². The summed E-state index contributed by atoms with van der Waals surface area (Å²) < 4.78 is 28.2. The van der Waals surface area contributed by atoms with Gasteiger partial charge in [-0.2, -0.15) is 0 Å². The maximum absolute atomic E-state index is 13.2. The van der Waals surface area contributed by atoms with E-state index < -0.39 is 10.0 Å². The summed E-state index contributed by atoms with van der Waals surface area (Å²) in [7, 11) is -3.60. The van der Waals surface area contributed by atoms with Gasteiger partial charge in [0.25, 0.3) is 5.91 Å². The molecule has 3 heterocycles. The SMILES string of the molecule is CC(=O)Nc1cc2nc(-c3cc4c(c(NS(C)(=O)=O)c3)C(=O)N([C@@H](C)C3CC3)C4)ccn2n1. The van der Waals surface area contributed by atoms with Crippen LogP contribution in [-0.2, 0) is 21.4 Å². The maximum atomic E-state index is 13.2. The van der Waals surface area contributed by atoms with Crippen molar-refractivity contribution < 1.29 is 18.0 Å². The fourth-order valence-corrected chi connectivity index (χ4v) is 4.91. The third-order valence-electron chi connectivity index (χ3n) is 6.05. The molecule has 2 aromatic heterocycles. The van der Waals surface area contributed by atoms with E-state index in [1.165, 1.54) is 6.92 Å². The molecule has 172 valence electrons. The number of benzene rings is 1. The number of sulfonamides is 1. The molecular formula is C22H24N6O4S. The van der Waals surface area contributed by atoms with Crippen LogP contribution in [0.1, 0.15) is 42.6 Å². The van der Waals surface area contributed by atoms with Crippen LogP contribution < -0.4 is 10.0 Å². The van der Waals surface area contributed by atoms with Crippen molar-refractivity contribution in [2.75, 3.05) is 16.3 Å². The van der Waals surface area contributed by atoms with Crippen LogP contribution in [-0.4, -0.2) is 52.0 Å². The van der Waals surface area contributed by atoms with E-state index in [0.29, 0.717) is 40.7 Å². The van der Waals surface area contributed by atoms with E-state index in [0.717, 1.165) is 24.7 Å². The molecule has 33 heavy (non-hydrogen) atoms. The van der Waals surface area contributed by atoms with Gasteiger partial charge in [0.2, 0.25) is 15.9 Å². The number of carbonyl (C=O) groups excluding carboxylic acids is 2. The molecule has 3 aromatic rings. The first-order chi connectivity index (χ1) is 15.6. The van der Waals surface area contributed by atoms with E-state index in [4.69, 9.17) is 0 Å². The fourth-order valence-electron chi connectivity index (χ4n) is 4.35. The molecular weight excluding hydrogens is 444 g/mol. The van der Waals surface area contributed by atoms with E-state index in [1.54, 1.807) is 28.9 Å². The lowest BCUT2D eigenvalue weighted by Gasteiger charge is -2.24. The predicted octanol–water partition coefficient (Wildman–Crippen LogP) is 2.48. The number of carbonyl (C=O) groups is 2. The highest BCUT2D eigenvalue weighted by molar-refractivity contribution is 7.92. The van der Waals surface area contributed by atoms with Gasteiger partial charge in [0.15, 0.2) is 11.5 Å². The van der Waals surface area contributed by atoms with Gasteiger partial charge in [-0.15, -0.1) is 5.10 Å². The zero-order valence-corrected chi connectivity index (χ0v) is 19.3. The highest BCUT2D eigenvalue weighted by Crippen LogP contribution is 2.41. The van der Waals surface area contributed by atoms with Gasteiger partial charge in [0, 0.05) is 37.3 Å². The lowest BCUT2D eigenvalue weighted by Crippen LogP contribution is -2.34. The average Bonchev–Trinajstić information content (AvgIpc) is 3.41. The van der Waals surface area contributed by atoms with Crippen LogP contribution in [0.5, 0.6) is 0 Å². The Balaban J connectivity index is 1.57. The second kappa shape index (κ2) is 7.55. The summed E-state index contributed by atoms with van der Waals surface area (Å²) in [5.74, 6) is 0.498. The molecule has 1 aromatic carbocycles. The van der Waals surface area contributed by atoms with Gasteiger partial charge in [0.05, 0.1) is 23.2 Å². The summed E-state index contributed by atoms with van der Waals surface area (Å²) in [5.41, 5.74) is 3.22. The molecule has 0 saturated heterocycles. The Labute approximate surface area is 191 Å². The van der Waals surface area contributed by atoms with Gasteiger partial charge in [-0.05, 0) is 49.4 Å². The number of anilines is 2. The fraction of sp³-hybridized carbons (Fsp3) is 0.364. The van der Waals surface area contributed by atoms with Gasteiger partial charge in [0.1, 0.15) is 0 Å². The lowest BCUT2D eigenvalue weighted by atomic mass is 10.0. The smallest absolute Gasteiger partial charge is 0.256 e. The number of amides is 2. The quantitative estimate of drug-likeness (QED) is 0.572. The molecule has 1 atom stereocenters. The Hall–Kier alpha value is -3.47. The number of fused-ring (bicyclic) bond motifs is 2. The van der Waals surface area contributed by atoms with Gasteiger partial charge >= 0.3 is 0 Å². The Morgan fingerprint density at radius 1 is 1.24 bits per heavy atom. The molecule has 1 fully saturated rings. The summed E-state index contributed by atoms with van der Waals surface area (Å²) in [4.78, 5) is 31.0. The van der Waals surface area contributed by atoms with Gasteiger partial charge in [-0.25, -0.2) is 17.9 Å². The summed E-state index contributed by atoms with van der Waals surface area (Å²) in [6.07, 6.45) is 5.00. The van der Waals surface area contributed by atoms with Crippen molar-refractivity contribution in [3.8, 4) is 11.3 Å². The van der Waals surface area contributed by atoms with E-state index in [2.05, 4.69) is 20.1 Å². The van der Waals surface area contributed by atoms with Crippen LogP contribution in [0.25, 0.3) is 16.9 Å². The van der Waals surface area contributed by atoms with Crippen molar-refractivity contribution in [3.05, 3.63) is 41.6 Å². The topological polar surface area (TPSA) is 126 Å². The zero-order chi connectivity index (χ0) is 23.5. The van der Waals surface area contributed by atoms with Crippen molar-refractivity contribution in [2.45, 2.75) is 39.3 Å². The van der Waals surface area contributed by atoms with Crippen molar-refractivity contribution in [1.29, 1.82) is 0 Å². The standard InChI is InChI=1S/C22H24N6O4S/c1-12(14-4-5-14)27-11-16-8-15(9-18(21(16)22(27)30)26-33(3,31)32)17-6-7-28-20(24-17)10-19(25-28)23-13(2)29/h6-10,12,14,26H,4-5,11H2,1-3H3,(H,23,25,29)/t12-/m0/s1. The molecule has 0 unspecified atom stereocenters. The third-order valence-corrected chi connectivity index (χ3v) is 6.64. The predicted molar refractivity (Wildman–Crippen MR) is 123 cm³/mol. The van der Waals surface area contributed by atoms with Gasteiger partial charge in [-0.1, -0.05) is 0 Å². The van der Waals surface area contributed by atoms with Crippen molar-refractivity contribution >= 4 is 39.0 Å². The highest BCUT2D eigenvalue weighted by Gasteiger charge is 2.40. The largest absolute Gasteiger partial charge is 0.331 e. The summed E-state index contributed by atoms with van der Waals surface area (Å²) in [6, 6.07) is 7.05. The van der Waals surface area contributed by atoms with Crippen LogP contribution in [0.2, 0.25) is 0 Å². The summed E-state index contributed by atoms with van der Waals surface area (Å²) in [6.45, 7) is 3.88. The molecule has 0 bridgehead atoms. The second-order valence-electron chi connectivity index (χ2n) is 8.77. The molecule has 1 aliphatic carbocycles. The average molecular weight is 469 g/mol. The van der Waals surface area contributed by atoms with E-state index in [-0.39, 0.29) is 23.5 Å². The van der Waals surface area contributed by atoms with Crippen molar-refractivity contribution in [1.82, 2.24) is 19.5 Å². The first-order valence-corrected chi connectivity index (χ1v) is 12.6. The number of nitrogens with zero attached hydrogens (tertiary/aromatic N) is 4. The molecule has 0 spiro atoms. The molecule has 5 rings (SSSR count). The first-order valence-electron chi connectivity index (χ1n) is 10.7. The first kappa shape index (κ1) is 21.4. The highest BCUT2D eigenvalue weighted by atomic mass is 32.2. The molecule has 0 radical (unpaired) electrons. The Kier molecular flexibility index (Phi) is 4.89. The maximum Gasteiger partial charge on any atom is 0.256 e. The third kappa shape index (κ3) is 4.15. The number of nitrogens with one attached hydrogen (secondary N) is 2. The minimum Gasteiger partial charge on any atom is -0.331 e. The summed E-state index contributed by atoms with van der Waals surface area (Å²) >= 11 is 0. The number of rotatable bonds is 6. The van der Waals surface area contributed by atoms with Crippen LogP contribution >= 0.6 is 0 Å². The molecule has 1 aliphatic heterocycles. The summed E-state index contributed by atoms with van der Waals surface area (Å²) in [5, 5.41) is 6.88. The van der Waals surface area contributed by atoms with Crippen LogP contribution in [0, 0.1) is 5.92 Å². The molecule has 11 heteroatoms. The van der Waals surface area contributed by atoms with Crippen LogP contribution in [0.15, 0.2) is 30.5 Å². The van der Waals surface area contributed by atoms with Crippen molar-refractivity contribution in [3.63, 3.8) is 0 Å². The molecule has 2 N–H and O–H groups in total. The zero-order valence-electron chi connectivity index (χ0n) is 18.5. The van der Waals surface area contributed by atoms with E-state index >= 15 is 0 Å². The van der Waals surface area contributed by atoms with Gasteiger partial charge < -0.3 is 10.2 Å². The number of hydrogen-bond donors (Lipinski definition) is 2. The Bertz CT molecular complexity index is 1410. The minimum atomic E-state index is -3.60. The lowest BCUT2D eigenvalue weighted by molar-refractivity contribution is -0.114. The van der Waals surface area contributed by atoms with Crippen molar-refractivity contribution in [2.24, 2.45) is 5.92 Å². The van der Waals surface area contributed by atoms with Crippen LogP contribution in [0.3, 0.4) is 0 Å². The minimum absolute atomic E-state index is 0.105. The van der Waals surface area contributed by atoms with E-state index in [9.17, 15) is 18.0 Å².